The van der Waals surface area contributed by atoms with Gasteiger partial charge in [0.05, 0.1) is 0 Å². The molecule has 0 unspecified atom stereocenters. The minimum absolute atomic E-state index is 0.0778. The fourth-order valence-electron chi connectivity index (χ4n) is 0.691. The molecular weight excluding hydrogens is 204 g/mol. The van der Waals surface area contributed by atoms with E-state index in [4.69, 9.17) is 10.2 Å². The lowest BCUT2D eigenvalue weighted by Crippen LogP contribution is -2.41. The van der Waals surface area contributed by atoms with Crippen molar-refractivity contribution in [1.82, 2.24) is 0 Å². The monoisotopic (exact) mass is 218 g/mol. The molecule has 0 saturated heterocycles. The third kappa shape index (κ3) is 4.68. The Bertz CT molecular complexity index is 249. The zero-order valence-electron chi connectivity index (χ0n) is 8.29. The first-order valence-corrected chi connectivity index (χ1v) is 4.22. The molecule has 0 bridgehead atoms. The average molecular weight is 218 g/mol. The molecule has 3 atom stereocenters. The molecular formula is C9H14O6. The summed E-state index contributed by atoms with van der Waals surface area (Å²) in [4.78, 5) is 20.9. The van der Waals surface area contributed by atoms with E-state index in [0.29, 0.717) is 0 Å². The summed E-state index contributed by atoms with van der Waals surface area (Å²) in [6.45, 7) is 4.21. The van der Waals surface area contributed by atoms with Crippen molar-refractivity contribution in [3.63, 3.8) is 0 Å². The van der Waals surface area contributed by atoms with Gasteiger partial charge < -0.3 is 24.9 Å². The molecule has 0 aliphatic rings. The van der Waals surface area contributed by atoms with Gasteiger partial charge in [0.1, 0.15) is 24.9 Å². The number of carbonyl (C=O) groups is 2. The van der Waals surface area contributed by atoms with Crippen molar-refractivity contribution in [3.05, 3.63) is 12.2 Å². The van der Waals surface area contributed by atoms with Crippen LogP contribution in [-0.4, -0.2) is 52.5 Å². The van der Waals surface area contributed by atoms with Crippen LogP contribution in [0.4, 0.5) is 0 Å². The van der Waals surface area contributed by atoms with Crippen molar-refractivity contribution in [2.24, 2.45) is 0 Å². The second-order valence-corrected chi connectivity index (χ2v) is 3.06. The van der Waals surface area contributed by atoms with Gasteiger partial charge in [-0.1, -0.05) is 6.58 Å². The third-order valence-electron chi connectivity index (χ3n) is 1.62. The van der Waals surface area contributed by atoms with Gasteiger partial charge in [0, 0.05) is 5.57 Å². The number of carbonyl (C=O) groups excluding carboxylic acids is 2. The molecule has 0 amide bonds. The average Bonchev–Trinajstić information content (AvgIpc) is 2.22. The fraction of sp³-hybridized carbons (Fsp3) is 0.556. The van der Waals surface area contributed by atoms with Crippen LogP contribution in [0.2, 0.25) is 0 Å². The van der Waals surface area contributed by atoms with Crippen molar-refractivity contribution in [3.8, 4) is 0 Å². The topological polar surface area (TPSA) is 104 Å². The largest absolute Gasteiger partial charge is 0.459 e. The molecule has 15 heavy (non-hydrogen) atoms. The van der Waals surface area contributed by atoms with E-state index >= 15 is 0 Å². The first kappa shape index (κ1) is 13.8. The zero-order valence-corrected chi connectivity index (χ0v) is 8.29. The summed E-state index contributed by atoms with van der Waals surface area (Å²) in [5.74, 6) is -0.721. The number of hydrogen-bond donors (Lipinski definition) is 3. The van der Waals surface area contributed by atoms with Crippen molar-refractivity contribution < 1.29 is 29.6 Å². The number of aliphatic hydroxyl groups is 3. The molecule has 0 aromatic carbocycles. The molecule has 0 aromatic rings. The number of esters is 1. The maximum absolute atomic E-state index is 10.9. The lowest BCUT2D eigenvalue weighted by atomic mass is 10.1. The maximum atomic E-state index is 10.9. The molecule has 0 spiro atoms. The quantitative estimate of drug-likeness (QED) is 0.281. The first-order chi connectivity index (χ1) is 6.90. The predicted molar refractivity (Wildman–Crippen MR) is 49.9 cm³/mol. The minimum atomic E-state index is -1.71. The molecule has 0 aliphatic heterocycles. The maximum Gasteiger partial charge on any atom is 0.333 e. The van der Waals surface area contributed by atoms with Gasteiger partial charge in [0.2, 0.25) is 0 Å². The Kier molecular flexibility index (Phi) is 5.76. The lowest BCUT2D eigenvalue weighted by Gasteiger charge is -2.18. The van der Waals surface area contributed by atoms with Gasteiger partial charge >= 0.3 is 5.97 Å². The van der Waals surface area contributed by atoms with E-state index in [0.717, 1.165) is 0 Å². The van der Waals surface area contributed by atoms with Crippen molar-refractivity contribution in [2.75, 3.05) is 6.61 Å². The highest BCUT2D eigenvalue weighted by Crippen LogP contribution is 2.01. The number of hydrogen-bond acceptors (Lipinski definition) is 6. The van der Waals surface area contributed by atoms with Crippen LogP contribution in [0.25, 0.3) is 0 Å². The molecule has 86 valence electrons. The van der Waals surface area contributed by atoms with Crippen molar-refractivity contribution >= 4 is 12.3 Å². The molecule has 6 nitrogen and oxygen atoms in total. The molecule has 0 rings (SSSR count). The highest BCUT2D eigenvalue weighted by molar-refractivity contribution is 5.86. The number of ether oxygens (including phenoxy) is 1. The van der Waals surface area contributed by atoms with Crippen molar-refractivity contribution in [1.29, 1.82) is 0 Å². The Hall–Kier alpha value is -1.24. The second-order valence-electron chi connectivity index (χ2n) is 3.06. The standard InChI is InChI=1S/C9H14O6/c1-5(2)9(14)15-4-7(12)8(13)6(11)3-10/h3,6-8,11-13H,1,4H2,2H3/t6-,7+,8+/m0/s1. The van der Waals surface area contributed by atoms with Crippen LogP contribution in [-0.2, 0) is 14.3 Å². The molecule has 6 heteroatoms. The Morgan fingerprint density at radius 3 is 2.40 bits per heavy atom. The zero-order chi connectivity index (χ0) is 12.0. The summed E-state index contributed by atoms with van der Waals surface area (Å²) in [5, 5.41) is 27.1. The van der Waals surface area contributed by atoms with E-state index in [-0.39, 0.29) is 11.9 Å². The van der Waals surface area contributed by atoms with Crippen LogP contribution >= 0.6 is 0 Å². The molecule has 0 heterocycles. The normalized spacial score (nSPS) is 16.3. The Morgan fingerprint density at radius 1 is 1.47 bits per heavy atom. The van der Waals surface area contributed by atoms with Crippen LogP contribution in [0.3, 0.4) is 0 Å². The van der Waals surface area contributed by atoms with Crippen LogP contribution in [0.5, 0.6) is 0 Å². The number of aliphatic hydroxyl groups excluding tert-OH is 3. The van der Waals surface area contributed by atoms with E-state index in [1.165, 1.54) is 6.92 Å². The van der Waals surface area contributed by atoms with Gasteiger partial charge in [-0.05, 0) is 6.92 Å². The smallest absolute Gasteiger partial charge is 0.333 e. The fourth-order valence-corrected chi connectivity index (χ4v) is 0.691. The summed E-state index contributed by atoms with van der Waals surface area (Å²) in [7, 11) is 0. The van der Waals surface area contributed by atoms with E-state index in [9.17, 15) is 14.7 Å². The molecule has 0 aromatic heterocycles. The van der Waals surface area contributed by atoms with Crippen LogP contribution < -0.4 is 0 Å². The number of rotatable bonds is 6. The van der Waals surface area contributed by atoms with Gasteiger partial charge in [-0.2, -0.15) is 0 Å². The van der Waals surface area contributed by atoms with Crippen LogP contribution in [0.1, 0.15) is 6.92 Å². The van der Waals surface area contributed by atoms with Crippen molar-refractivity contribution in [2.45, 2.75) is 25.2 Å². The summed E-state index contributed by atoms with van der Waals surface area (Å²) in [6.07, 6.45) is -4.83. The van der Waals surface area contributed by atoms with Crippen LogP contribution in [0.15, 0.2) is 12.2 Å². The molecule has 3 N–H and O–H groups in total. The summed E-state index contributed by atoms with van der Waals surface area (Å²) in [6, 6.07) is 0. The van der Waals surface area contributed by atoms with Gasteiger partial charge in [0.25, 0.3) is 0 Å². The highest BCUT2D eigenvalue weighted by atomic mass is 16.5. The third-order valence-corrected chi connectivity index (χ3v) is 1.62. The SMILES string of the molecule is C=C(C)C(=O)OC[C@@H](O)[C@H](O)[C@@H](O)C=O. The van der Waals surface area contributed by atoms with Gasteiger partial charge in [-0.25, -0.2) is 4.79 Å². The van der Waals surface area contributed by atoms with E-state index in [1.807, 2.05) is 0 Å². The molecule has 0 saturated carbocycles. The van der Waals surface area contributed by atoms with E-state index in [2.05, 4.69) is 11.3 Å². The Balaban J connectivity index is 4.03. The molecule has 0 fully saturated rings. The lowest BCUT2D eigenvalue weighted by molar-refractivity contribution is -0.148. The molecule has 0 aliphatic carbocycles. The Labute approximate surface area is 86.8 Å². The first-order valence-electron chi connectivity index (χ1n) is 4.22. The van der Waals surface area contributed by atoms with E-state index < -0.39 is 30.9 Å². The predicted octanol–water partition coefficient (Wildman–Crippen LogP) is -1.61. The molecule has 0 radical (unpaired) electrons. The van der Waals surface area contributed by atoms with Gasteiger partial charge in [0.15, 0.2) is 6.29 Å². The van der Waals surface area contributed by atoms with E-state index in [1.54, 1.807) is 0 Å². The van der Waals surface area contributed by atoms with Gasteiger partial charge in [-0.15, -0.1) is 0 Å². The summed E-state index contributed by atoms with van der Waals surface area (Å²) >= 11 is 0. The highest BCUT2D eigenvalue weighted by Gasteiger charge is 2.25. The number of aldehydes is 1. The minimum Gasteiger partial charge on any atom is -0.459 e. The summed E-state index contributed by atoms with van der Waals surface area (Å²) < 4.78 is 4.51. The second kappa shape index (κ2) is 6.28. The summed E-state index contributed by atoms with van der Waals surface area (Å²) in [5.41, 5.74) is 0.146. The van der Waals surface area contributed by atoms with Crippen LogP contribution in [0, 0.1) is 0 Å². The Morgan fingerprint density at radius 2 is 2.00 bits per heavy atom. The van der Waals surface area contributed by atoms with Gasteiger partial charge in [-0.3, -0.25) is 0 Å².